The van der Waals surface area contributed by atoms with Crippen molar-refractivity contribution in [2.24, 2.45) is 0 Å². The fourth-order valence-corrected chi connectivity index (χ4v) is 2.66. The van der Waals surface area contributed by atoms with Gasteiger partial charge in [-0.05, 0) is 48.0 Å². The number of carbonyl (C=O) groups is 3. The zero-order valence-electron chi connectivity index (χ0n) is 15.2. The molecule has 2 aromatic rings. The summed E-state index contributed by atoms with van der Waals surface area (Å²) in [5, 5.41) is 2.21. The van der Waals surface area contributed by atoms with Gasteiger partial charge in [0.25, 0.3) is 11.8 Å². The molecular weight excluding hydrogens is 346 g/mol. The molecule has 0 saturated carbocycles. The monoisotopic (exact) mass is 365 g/mol. The zero-order chi connectivity index (χ0) is 19.6. The molecule has 7 heteroatoms. The minimum absolute atomic E-state index is 0.108. The van der Waals surface area contributed by atoms with Gasteiger partial charge in [-0.2, -0.15) is 0 Å². The van der Waals surface area contributed by atoms with E-state index in [-0.39, 0.29) is 5.57 Å². The van der Waals surface area contributed by atoms with Crippen LogP contribution >= 0.6 is 0 Å². The summed E-state index contributed by atoms with van der Waals surface area (Å²) in [5.74, 6) is -0.798. The maximum Gasteiger partial charge on any atom is 0.335 e. The SMILES string of the molecule is COc1ccc(N2C(=O)NC(=O)/C(=C\c3ccc(N(C)C)cc3)C2=O)cc1. The van der Waals surface area contributed by atoms with Crippen molar-refractivity contribution in [2.45, 2.75) is 0 Å². The molecule has 2 aromatic carbocycles. The summed E-state index contributed by atoms with van der Waals surface area (Å²) in [5.41, 5.74) is 1.91. The summed E-state index contributed by atoms with van der Waals surface area (Å²) in [6.07, 6.45) is 1.47. The molecule has 0 aliphatic carbocycles. The molecule has 0 unspecified atom stereocenters. The Morgan fingerprint density at radius 1 is 0.963 bits per heavy atom. The summed E-state index contributed by atoms with van der Waals surface area (Å²) in [4.78, 5) is 40.1. The Labute approximate surface area is 156 Å². The van der Waals surface area contributed by atoms with E-state index in [9.17, 15) is 14.4 Å². The van der Waals surface area contributed by atoms with Crippen LogP contribution in [0.15, 0.2) is 54.1 Å². The zero-order valence-corrected chi connectivity index (χ0v) is 15.2. The highest BCUT2D eigenvalue weighted by Gasteiger charge is 2.36. The lowest BCUT2D eigenvalue weighted by atomic mass is 10.1. The highest BCUT2D eigenvalue weighted by Crippen LogP contribution is 2.24. The molecule has 0 radical (unpaired) electrons. The molecule has 138 valence electrons. The lowest BCUT2D eigenvalue weighted by Gasteiger charge is -2.26. The number of amides is 4. The minimum atomic E-state index is -0.782. The van der Waals surface area contributed by atoms with E-state index in [1.54, 1.807) is 36.4 Å². The highest BCUT2D eigenvalue weighted by atomic mass is 16.5. The van der Waals surface area contributed by atoms with Gasteiger partial charge in [0.1, 0.15) is 11.3 Å². The molecule has 0 atom stereocenters. The van der Waals surface area contributed by atoms with Gasteiger partial charge in [-0.15, -0.1) is 0 Å². The Morgan fingerprint density at radius 3 is 2.15 bits per heavy atom. The van der Waals surface area contributed by atoms with Crippen molar-refractivity contribution in [3.05, 3.63) is 59.7 Å². The van der Waals surface area contributed by atoms with E-state index < -0.39 is 17.8 Å². The molecule has 1 saturated heterocycles. The Hall–Kier alpha value is -3.61. The van der Waals surface area contributed by atoms with Crippen LogP contribution in [-0.2, 0) is 9.59 Å². The normalized spacial score (nSPS) is 15.7. The van der Waals surface area contributed by atoms with Crippen molar-refractivity contribution in [3.63, 3.8) is 0 Å². The second-order valence-corrected chi connectivity index (χ2v) is 6.14. The number of rotatable bonds is 4. The lowest BCUT2D eigenvalue weighted by Crippen LogP contribution is -2.54. The Bertz CT molecular complexity index is 915. The fourth-order valence-electron chi connectivity index (χ4n) is 2.66. The maximum atomic E-state index is 12.8. The van der Waals surface area contributed by atoms with Gasteiger partial charge in [-0.25, -0.2) is 9.69 Å². The van der Waals surface area contributed by atoms with Gasteiger partial charge in [-0.3, -0.25) is 14.9 Å². The van der Waals surface area contributed by atoms with Gasteiger partial charge in [0.15, 0.2) is 0 Å². The summed E-state index contributed by atoms with van der Waals surface area (Å²) in [6.45, 7) is 0. The Kier molecular flexibility index (Phi) is 4.94. The van der Waals surface area contributed by atoms with Gasteiger partial charge in [0.2, 0.25) is 0 Å². The van der Waals surface area contributed by atoms with Gasteiger partial charge < -0.3 is 9.64 Å². The van der Waals surface area contributed by atoms with Crippen LogP contribution < -0.4 is 19.9 Å². The van der Waals surface area contributed by atoms with E-state index in [1.165, 1.54) is 13.2 Å². The van der Waals surface area contributed by atoms with Gasteiger partial charge in [-0.1, -0.05) is 12.1 Å². The number of nitrogens with one attached hydrogen (secondary N) is 1. The van der Waals surface area contributed by atoms with Gasteiger partial charge >= 0.3 is 6.03 Å². The van der Waals surface area contributed by atoms with Crippen molar-refractivity contribution in [2.75, 3.05) is 31.0 Å². The third-order valence-electron chi connectivity index (χ3n) is 4.15. The summed E-state index contributed by atoms with van der Waals surface area (Å²) in [7, 11) is 5.36. The minimum Gasteiger partial charge on any atom is -0.497 e. The number of imide groups is 2. The Morgan fingerprint density at radius 2 is 1.59 bits per heavy atom. The van der Waals surface area contributed by atoms with Crippen LogP contribution in [0.25, 0.3) is 6.08 Å². The third-order valence-corrected chi connectivity index (χ3v) is 4.15. The first-order valence-corrected chi connectivity index (χ1v) is 8.23. The van der Waals surface area contributed by atoms with Crippen molar-refractivity contribution >= 4 is 35.3 Å². The first-order chi connectivity index (χ1) is 12.9. The van der Waals surface area contributed by atoms with E-state index >= 15 is 0 Å². The predicted molar refractivity (Wildman–Crippen MR) is 103 cm³/mol. The van der Waals surface area contributed by atoms with Crippen molar-refractivity contribution in [1.82, 2.24) is 5.32 Å². The summed E-state index contributed by atoms with van der Waals surface area (Å²) in [6, 6.07) is 13.0. The number of methoxy groups -OCH3 is 1. The first kappa shape index (κ1) is 18.2. The third kappa shape index (κ3) is 3.67. The number of barbiturate groups is 1. The van der Waals surface area contributed by atoms with Gasteiger partial charge in [0.05, 0.1) is 12.8 Å². The average Bonchev–Trinajstić information content (AvgIpc) is 2.66. The maximum absolute atomic E-state index is 12.8. The predicted octanol–water partition coefficient (Wildman–Crippen LogP) is 2.43. The molecule has 0 aromatic heterocycles. The van der Waals surface area contributed by atoms with E-state index in [1.807, 2.05) is 31.1 Å². The second kappa shape index (κ2) is 7.33. The fraction of sp³-hybridized carbons (Fsp3) is 0.150. The molecule has 1 heterocycles. The number of hydrogen-bond acceptors (Lipinski definition) is 5. The van der Waals surface area contributed by atoms with Gasteiger partial charge in [0, 0.05) is 19.8 Å². The van der Waals surface area contributed by atoms with E-state index in [0.29, 0.717) is 17.0 Å². The molecule has 27 heavy (non-hydrogen) atoms. The topological polar surface area (TPSA) is 79.0 Å². The molecule has 1 fully saturated rings. The number of ether oxygens (including phenoxy) is 1. The van der Waals surface area contributed by atoms with Crippen LogP contribution in [0.3, 0.4) is 0 Å². The molecule has 7 nitrogen and oxygen atoms in total. The van der Waals surface area contributed by atoms with Crippen LogP contribution in [0.5, 0.6) is 5.75 Å². The molecule has 0 spiro atoms. The quantitative estimate of drug-likeness (QED) is 0.665. The van der Waals surface area contributed by atoms with E-state index in [0.717, 1.165) is 10.6 Å². The Balaban J connectivity index is 1.93. The number of carbonyl (C=O) groups excluding carboxylic acids is 3. The van der Waals surface area contributed by atoms with Crippen LogP contribution in [0.1, 0.15) is 5.56 Å². The molecule has 1 aliphatic heterocycles. The lowest BCUT2D eigenvalue weighted by molar-refractivity contribution is -0.122. The van der Waals surface area contributed by atoms with E-state index in [2.05, 4.69) is 5.32 Å². The number of anilines is 2. The smallest absolute Gasteiger partial charge is 0.335 e. The number of hydrogen-bond donors (Lipinski definition) is 1. The number of benzene rings is 2. The molecule has 1 N–H and O–H groups in total. The van der Waals surface area contributed by atoms with Crippen LogP contribution in [0, 0.1) is 0 Å². The van der Waals surface area contributed by atoms with Crippen LogP contribution in [0.4, 0.5) is 16.2 Å². The molecular formula is C20H19N3O4. The second-order valence-electron chi connectivity index (χ2n) is 6.14. The number of nitrogens with zero attached hydrogens (tertiary/aromatic N) is 2. The molecule has 0 bridgehead atoms. The first-order valence-electron chi connectivity index (χ1n) is 8.23. The molecule has 4 amide bonds. The standard InChI is InChI=1S/C20H19N3O4/c1-22(2)14-6-4-13(5-7-14)12-17-18(24)21-20(26)23(19(17)25)15-8-10-16(27-3)11-9-15/h4-12H,1-3H3,(H,21,24,26)/b17-12+. The summed E-state index contributed by atoms with van der Waals surface area (Å²) < 4.78 is 5.08. The van der Waals surface area contributed by atoms with Crippen LogP contribution in [0.2, 0.25) is 0 Å². The highest BCUT2D eigenvalue weighted by molar-refractivity contribution is 6.39. The van der Waals surface area contributed by atoms with Crippen molar-refractivity contribution in [3.8, 4) is 5.75 Å². The van der Waals surface area contributed by atoms with Crippen molar-refractivity contribution in [1.29, 1.82) is 0 Å². The average molecular weight is 365 g/mol. The van der Waals surface area contributed by atoms with E-state index in [4.69, 9.17) is 4.74 Å². The number of urea groups is 1. The molecule has 3 rings (SSSR count). The van der Waals surface area contributed by atoms with Crippen LogP contribution in [-0.4, -0.2) is 39.1 Å². The summed E-state index contributed by atoms with van der Waals surface area (Å²) >= 11 is 0. The molecule has 1 aliphatic rings. The van der Waals surface area contributed by atoms with Crippen molar-refractivity contribution < 1.29 is 19.1 Å². The largest absolute Gasteiger partial charge is 0.497 e.